The van der Waals surface area contributed by atoms with Gasteiger partial charge >= 0.3 is 0 Å². The SMILES string of the molecule is Brc1ccc(CNc2cccc(-n3cccn3)c2)s1. The van der Waals surface area contributed by atoms with E-state index in [2.05, 4.69) is 50.6 Å². The third-order valence-electron chi connectivity index (χ3n) is 2.71. The molecule has 0 bridgehead atoms. The Morgan fingerprint density at radius 1 is 1.21 bits per heavy atom. The highest BCUT2D eigenvalue weighted by atomic mass is 79.9. The molecule has 0 spiro atoms. The molecular formula is C14H12BrN3S. The van der Waals surface area contributed by atoms with E-state index >= 15 is 0 Å². The maximum Gasteiger partial charge on any atom is 0.0702 e. The van der Waals surface area contributed by atoms with Gasteiger partial charge in [0.05, 0.1) is 9.47 Å². The molecule has 0 unspecified atom stereocenters. The molecule has 0 aliphatic heterocycles. The van der Waals surface area contributed by atoms with Gasteiger partial charge < -0.3 is 5.32 Å². The van der Waals surface area contributed by atoms with Crippen molar-refractivity contribution in [2.24, 2.45) is 0 Å². The summed E-state index contributed by atoms with van der Waals surface area (Å²) >= 11 is 5.22. The molecule has 1 aromatic carbocycles. The lowest BCUT2D eigenvalue weighted by Crippen LogP contribution is -1.99. The van der Waals surface area contributed by atoms with Gasteiger partial charge in [-0.1, -0.05) is 6.07 Å². The largest absolute Gasteiger partial charge is 0.380 e. The lowest BCUT2D eigenvalue weighted by atomic mass is 10.2. The van der Waals surface area contributed by atoms with Crippen molar-refractivity contribution < 1.29 is 0 Å². The van der Waals surface area contributed by atoms with E-state index in [1.807, 2.05) is 29.1 Å². The fourth-order valence-corrected chi connectivity index (χ4v) is 3.24. The Morgan fingerprint density at radius 3 is 2.89 bits per heavy atom. The Labute approximate surface area is 124 Å². The van der Waals surface area contributed by atoms with Gasteiger partial charge in [0.2, 0.25) is 0 Å². The summed E-state index contributed by atoms with van der Waals surface area (Å²) in [5.74, 6) is 0. The zero-order valence-corrected chi connectivity index (χ0v) is 12.5. The van der Waals surface area contributed by atoms with Gasteiger partial charge in [-0.05, 0) is 52.3 Å². The molecule has 2 heterocycles. The number of halogens is 1. The summed E-state index contributed by atoms with van der Waals surface area (Å²) in [7, 11) is 0. The molecular weight excluding hydrogens is 322 g/mol. The second-order valence-electron chi connectivity index (χ2n) is 4.06. The second-order valence-corrected chi connectivity index (χ2v) is 6.61. The van der Waals surface area contributed by atoms with Crippen molar-refractivity contribution in [2.45, 2.75) is 6.54 Å². The van der Waals surface area contributed by atoms with E-state index < -0.39 is 0 Å². The number of anilines is 1. The highest BCUT2D eigenvalue weighted by molar-refractivity contribution is 9.11. The van der Waals surface area contributed by atoms with Crippen LogP contribution in [0.5, 0.6) is 0 Å². The highest BCUT2D eigenvalue weighted by Crippen LogP contribution is 2.23. The van der Waals surface area contributed by atoms with Crippen molar-refractivity contribution in [1.82, 2.24) is 9.78 Å². The van der Waals surface area contributed by atoms with Crippen LogP contribution in [-0.4, -0.2) is 9.78 Å². The molecule has 0 amide bonds. The van der Waals surface area contributed by atoms with Crippen LogP contribution in [0.25, 0.3) is 5.69 Å². The van der Waals surface area contributed by atoms with E-state index in [-0.39, 0.29) is 0 Å². The number of aromatic nitrogens is 2. The predicted octanol–water partition coefficient (Wildman–Crippen LogP) is 4.31. The molecule has 0 fully saturated rings. The predicted molar refractivity (Wildman–Crippen MR) is 82.9 cm³/mol. The van der Waals surface area contributed by atoms with Gasteiger partial charge in [-0.2, -0.15) is 5.10 Å². The lowest BCUT2D eigenvalue weighted by Gasteiger charge is -2.07. The van der Waals surface area contributed by atoms with Gasteiger partial charge in [-0.25, -0.2) is 4.68 Å². The van der Waals surface area contributed by atoms with Crippen molar-refractivity contribution in [2.75, 3.05) is 5.32 Å². The van der Waals surface area contributed by atoms with Crippen LogP contribution in [0.3, 0.4) is 0 Å². The minimum atomic E-state index is 0.832. The van der Waals surface area contributed by atoms with Gasteiger partial charge in [0, 0.05) is 29.5 Å². The van der Waals surface area contributed by atoms with Crippen LogP contribution in [0.1, 0.15) is 4.88 Å². The van der Waals surface area contributed by atoms with Crippen LogP contribution in [0, 0.1) is 0 Å². The van der Waals surface area contributed by atoms with E-state index in [9.17, 15) is 0 Å². The minimum Gasteiger partial charge on any atom is -0.380 e. The molecule has 0 saturated carbocycles. The maximum atomic E-state index is 4.23. The van der Waals surface area contributed by atoms with Crippen LogP contribution in [0.15, 0.2) is 58.6 Å². The maximum absolute atomic E-state index is 4.23. The average Bonchev–Trinajstić information content (AvgIpc) is 3.08. The van der Waals surface area contributed by atoms with Crippen LogP contribution in [0.2, 0.25) is 0 Å². The van der Waals surface area contributed by atoms with Gasteiger partial charge in [0.25, 0.3) is 0 Å². The van der Waals surface area contributed by atoms with E-state index in [1.165, 1.54) is 4.88 Å². The number of nitrogens with one attached hydrogen (secondary N) is 1. The van der Waals surface area contributed by atoms with Crippen molar-refractivity contribution in [3.63, 3.8) is 0 Å². The molecule has 0 aliphatic rings. The van der Waals surface area contributed by atoms with Gasteiger partial charge in [0.1, 0.15) is 0 Å². The Balaban J connectivity index is 1.73. The Morgan fingerprint density at radius 2 is 2.16 bits per heavy atom. The summed E-state index contributed by atoms with van der Waals surface area (Å²) in [6.07, 6.45) is 3.72. The summed E-state index contributed by atoms with van der Waals surface area (Å²) in [5.41, 5.74) is 2.15. The van der Waals surface area contributed by atoms with Crippen molar-refractivity contribution in [3.8, 4) is 5.69 Å². The van der Waals surface area contributed by atoms with Crippen LogP contribution >= 0.6 is 27.3 Å². The van der Waals surface area contributed by atoms with Crippen molar-refractivity contribution in [3.05, 3.63) is 63.5 Å². The minimum absolute atomic E-state index is 0.832. The van der Waals surface area contributed by atoms with Gasteiger partial charge in [-0.15, -0.1) is 11.3 Å². The molecule has 96 valence electrons. The van der Waals surface area contributed by atoms with Crippen molar-refractivity contribution in [1.29, 1.82) is 0 Å². The average molecular weight is 334 g/mol. The quantitative estimate of drug-likeness (QED) is 0.771. The smallest absolute Gasteiger partial charge is 0.0702 e. The molecule has 1 N–H and O–H groups in total. The normalized spacial score (nSPS) is 10.6. The highest BCUT2D eigenvalue weighted by Gasteiger charge is 2.00. The molecule has 19 heavy (non-hydrogen) atoms. The molecule has 0 radical (unpaired) electrons. The summed E-state index contributed by atoms with van der Waals surface area (Å²) in [4.78, 5) is 1.30. The molecule has 3 rings (SSSR count). The molecule has 0 saturated heterocycles. The van der Waals surface area contributed by atoms with E-state index in [0.29, 0.717) is 0 Å². The molecule has 0 aliphatic carbocycles. The first-order chi connectivity index (χ1) is 9.31. The van der Waals surface area contributed by atoms with E-state index in [0.717, 1.165) is 21.7 Å². The second kappa shape index (κ2) is 5.59. The van der Waals surface area contributed by atoms with E-state index in [1.54, 1.807) is 17.5 Å². The molecule has 2 aromatic heterocycles. The zero-order chi connectivity index (χ0) is 13.1. The Kier molecular flexibility index (Phi) is 3.66. The van der Waals surface area contributed by atoms with Crippen LogP contribution in [0.4, 0.5) is 5.69 Å². The topological polar surface area (TPSA) is 29.9 Å². The summed E-state index contributed by atoms with van der Waals surface area (Å²) < 4.78 is 3.02. The Hall–Kier alpha value is -1.59. The van der Waals surface area contributed by atoms with Crippen LogP contribution in [-0.2, 0) is 6.54 Å². The van der Waals surface area contributed by atoms with Gasteiger partial charge in [0.15, 0.2) is 0 Å². The third-order valence-corrected chi connectivity index (χ3v) is 4.33. The number of hydrogen-bond acceptors (Lipinski definition) is 3. The standard InChI is InChI=1S/C14H12BrN3S/c15-14-6-5-13(19-14)10-16-11-3-1-4-12(9-11)18-8-2-7-17-18/h1-9,16H,10H2. The summed E-state index contributed by atoms with van der Waals surface area (Å²) in [5, 5.41) is 7.66. The third kappa shape index (κ3) is 3.05. The molecule has 0 atom stereocenters. The van der Waals surface area contributed by atoms with Gasteiger partial charge in [-0.3, -0.25) is 0 Å². The van der Waals surface area contributed by atoms with Crippen molar-refractivity contribution >= 4 is 33.0 Å². The number of hydrogen-bond donors (Lipinski definition) is 1. The molecule has 3 nitrogen and oxygen atoms in total. The number of rotatable bonds is 4. The van der Waals surface area contributed by atoms with E-state index in [4.69, 9.17) is 0 Å². The lowest BCUT2D eigenvalue weighted by molar-refractivity contribution is 0.880. The van der Waals surface area contributed by atoms with Crippen LogP contribution < -0.4 is 5.32 Å². The fourth-order valence-electron chi connectivity index (χ4n) is 1.82. The first-order valence-corrected chi connectivity index (χ1v) is 7.50. The number of benzene rings is 1. The number of thiophene rings is 1. The first kappa shape index (κ1) is 12.4. The zero-order valence-electron chi connectivity index (χ0n) is 10.1. The fraction of sp³-hybridized carbons (Fsp3) is 0.0714. The first-order valence-electron chi connectivity index (χ1n) is 5.89. The Bertz CT molecular complexity index is 661. The summed E-state index contributed by atoms with van der Waals surface area (Å²) in [6.45, 7) is 0.832. The molecule has 3 aromatic rings. The summed E-state index contributed by atoms with van der Waals surface area (Å²) in [6, 6.07) is 14.3. The number of nitrogens with zero attached hydrogens (tertiary/aromatic N) is 2. The monoisotopic (exact) mass is 333 g/mol. The molecule has 5 heteroatoms.